The summed E-state index contributed by atoms with van der Waals surface area (Å²) < 4.78 is 5.54. The zero-order valence-corrected chi connectivity index (χ0v) is 12.4. The van der Waals surface area contributed by atoms with Gasteiger partial charge in [-0.3, -0.25) is 9.69 Å². The van der Waals surface area contributed by atoms with Crippen molar-refractivity contribution in [3.63, 3.8) is 0 Å². The van der Waals surface area contributed by atoms with Gasteiger partial charge in [0, 0.05) is 43.5 Å². The van der Waals surface area contributed by atoms with Gasteiger partial charge in [0.25, 0.3) is 0 Å². The Labute approximate surface area is 125 Å². The molecule has 0 spiro atoms. The zero-order valence-electron chi connectivity index (χ0n) is 12.4. The van der Waals surface area contributed by atoms with Gasteiger partial charge < -0.3 is 9.84 Å². The second-order valence-corrected chi connectivity index (χ2v) is 6.89. The van der Waals surface area contributed by atoms with E-state index in [0.29, 0.717) is 24.3 Å². The maximum absolute atomic E-state index is 11.3. The summed E-state index contributed by atoms with van der Waals surface area (Å²) in [6.07, 6.45) is 7.20. The van der Waals surface area contributed by atoms with Crippen LogP contribution in [0.25, 0.3) is 0 Å². The number of hydrogen-bond donors (Lipinski definition) is 1. The van der Waals surface area contributed by atoms with Gasteiger partial charge in [-0.25, -0.2) is 0 Å². The van der Waals surface area contributed by atoms with Crippen LogP contribution in [-0.2, 0) is 11.3 Å². The fourth-order valence-corrected chi connectivity index (χ4v) is 4.18. The zero-order chi connectivity index (χ0) is 14.2. The van der Waals surface area contributed by atoms with Crippen LogP contribution in [0, 0.1) is 5.92 Å². The highest BCUT2D eigenvalue weighted by molar-refractivity contribution is 5.79. The van der Waals surface area contributed by atoms with Crippen molar-refractivity contribution < 1.29 is 9.32 Å². The molecule has 2 saturated heterocycles. The summed E-state index contributed by atoms with van der Waals surface area (Å²) >= 11 is 0. The quantitative estimate of drug-likeness (QED) is 0.925. The maximum atomic E-state index is 11.3. The Kier molecular flexibility index (Phi) is 3.45. The molecule has 1 aliphatic carbocycles. The van der Waals surface area contributed by atoms with E-state index >= 15 is 0 Å². The largest absolute Gasteiger partial charge is 0.360 e. The van der Waals surface area contributed by atoms with Crippen molar-refractivity contribution in [1.82, 2.24) is 15.4 Å². The molecule has 0 unspecified atom stereocenters. The van der Waals surface area contributed by atoms with Crippen LogP contribution in [0.2, 0.25) is 0 Å². The van der Waals surface area contributed by atoms with Crippen LogP contribution in [0.1, 0.15) is 55.9 Å². The van der Waals surface area contributed by atoms with Crippen LogP contribution in [0.4, 0.5) is 0 Å². The third kappa shape index (κ3) is 2.71. The Hall–Kier alpha value is -1.36. The topological polar surface area (TPSA) is 58.4 Å². The lowest BCUT2D eigenvalue weighted by molar-refractivity contribution is -0.119. The molecule has 1 N–H and O–H groups in total. The molecule has 3 fully saturated rings. The van der Waals surface area contributed by atoms with Crippen molar-refractivity contribution in [3.05, 3.63) is 17.5 Å². The Morgan fingerprint density at radius 2 is 2.14 bits per heavy atom. The van der Waals surface area contributed by atoms with Gasteiger partial charge in [0.1, 0.15) is 0 Å². The van der Waals surface area contributed by atoms with Crippen molar-refractivity contribution in [2.45, 2.75) is 57.0 Å². The van der Waals surface area contributed by atoms with E-state index in [4.69, 9.17) is 4.52 Å². The number of carbonyl (C=O) groups excluding carboxylic acids is 1. The number of likely N-dealkylation sites (tertiary alicyclic amines) is 1. The summed E-state index contributed by atoms with van der Waals surface area (Å²) in [5.41, 5.74) is 1.15. The van der Waals surface area contributed by atoms with E-state index in [2.05, 4.69) is 21.4 Å². The van der Waals surface area contributed by atoms with Crippen molar-refractivity contribution in [3.8, 4) is 0 Å². The summed E-state index contributed by atoms with van der Waals surface area (Å²) in [6.45, 7) is 2.75. The molecule has 0 aromatic carbocycles. The van der Waals surface area contributed by atoms with E-state index in [9.17, 15) is 4.79 Å². The molecule has 1 aromatic heterocycles. The van der Waals surface area contributed by atoms with Gasteiger partial charge in [0.15, 0.2) is 5.76 Å². The standard InChI is InChI=1S/C16H23N3O2/c20-16-6-12-8-19(10-15(12)17-16)9-13-7-14(18-21-13)11-4-2-1-3-5-11/h7,11-12,15H,1-6,8-10H2,(H,17,20)/t12-,15+/m0/s1. The Bertz CT molecular complexity index is 505. The Morgan fingerprint density at radius 1 is 1.29 bits per heavy atom. The van der Waals surface area contributed by atoms with Gasteiger partial charge in [-0.15, -0.1) is 0 Å². The molecular formula is C16H23N3O2. The first-order chi connectivity index (χ1) is 10.3. The monoisotopic (exact) mass is 289 g/mol. The molecule has 2 atom stereocenters. The van der Waals surface area contributed by atoms with E-state index in [1.54, 1.807) is 0 Å². The smallest absolute Gasteiger partial charge is 0.220 e. The van der Waals surface area contributed by atoms with E-state index < -0.39 is 0 Å². The normalized spacial score (nSPS) is 30.6. The van der Waals surface area contributed by atoms with E-state index in [0.717, 1.165) is 31.1 Å². The number of rotatable bonds is 3. The summed E-state index contributed by atoms with van der Waals surface area (Å²) in [4.78, 5) is 13.7. The average molecular weight is 289 g/mol. The lowest BCUT2D eigenvalue weighted by atomic mass is 9.87. The van der Waals surface area contributed by atoms with E-state index in [1.807, 2.05) is 0 Å². The van der Waals surface area contributed by atoms with Crippen molar-refractivity contribution >= 4 is 5.91 Å². The first kappa shape index (κ1) is 13.3. The first-order valence-corrected chi connectivity index (χ1v) is 8.25. The van der Waals surface area contributed by atoms with E-state index in [-0.39, 0.29) is 5.91 Å². The highest BCUT2D eigenvalue weighted by Gasteiger charge is 2.40. The molecule has 1 saturated carbocycles. The first-order valence-electron chi connectivity index (χ1n) is 8.25. The number of fused-ring (bicyclic) bond motifs is 1. The summed E-state index contributed by atoms with van der Waals surface area (Å²) in [5, 5.41) is 7.36. The van der Waals surface area contributed by atoms with Gasteiger partial charge in [0.05, 0.1) is 12.2 Å². The fraction of sp³-hybridized carbons (Fsp3) is 0.750. The molecule has 4 rings (SSSR count). The van der Waals surface area contributed by atoms with Crippen molar-refractivity contribution in [2.24, 2.45) is 5.92 Å². The number of nitrogens with zero attached hydrogens (tertiary/aromatic N) is 2. The highest BCUT2D eigenvalue weighted by Crippen LogP contribution is 2.33. The third-order valence-electron chi connectivity index (χ3n) is 5.29. The highest BCUT2D eigenvalue weighted by atomic mass is 16.5. The van der Waals surface area contributed by atoms with Crippen LogP contribution in [0.15, 0.2) is 10.6 Å². The van der Waals surface area contributed by atoms with Crippen LogP contribution in [-0.4, -0.2) is 35.1 Å². The van der Waals surface area contributed by atoms with Gasteiger partial charge in [-0.2, -0.15) is 0 Å². The van der Waals surface area contributed by atoms with Crippen LogP contribution < -0.4 is 5.32 Å². The second kappa shape index (κ2) is 5.44. The summed E-state index contributed by atoms with van der Waals surface area (Å²) in [6, 6.07) is 2.50. The molecule has 5 heteroatoms. The lowest BCUT2D eigenvalue weighted by Crippen LogP contribution is -2.32. The fourth-order valence-electron chi connectivity index (χ4n) is 4.18. The minimum absolute atomic E-state index is 0.212. The molecule has 3 aliphatic rings. The molecule has 1 amide bonds. The van der Waals surface area contributed by atoms with Crippen LogP contribution in [0.5, 0.6) is 0 Å². The number of amides is 1. The molecule has 21 heavy (non-hydrogen) atoms. The second-order valence-electron chi connectivity index (χ2n) is 6.89. The van der Waals surface area contributed by atoms with E-state index in [1.165, 1.54) is 32.1 Å². The molecule has 1 aromatic rings. The number of nitrogens with one attached hydrogen (secondary N) is 1. The third-order valence-corrected chi connectivity index (χ3v) is 5.29. The van der Waals surface area contributed by atoms with Crippen molar-refractivity contribution in [2.75, 3.05) is 13.1 Å². The van der Waals surface area contributed by atoms with Gasteiger partial charge in [-0.05, 0) is 12.8 Å². The Morgan fingerprint density at radius 3 is 2.95 bits per heavy atom. The molecule has 114 valence electrons. The summed E-state index contributed by atoms with van der Waals surface area (Å²) in [5.74, 6) is 2.28. The predicted octanol–water partition coefficient (Wildman–Crippen LogP) is 2.04. The number of hydrogen-bond acceptors (Lipinski definition) is 4. The van der Waals surface area contributed by atoms with Crippen molar-refractivity contribution in [1.29, 1.82) is 0 Å². The molecule has 5 nitrogen and oxygen atoms in total. The summed E-state index contributed by atoms with van der Waals surface area (Å²) in [7, 11) is 0. The molecule has 3 heterocycles. The SMILES string of the molecule is O=C1C[C@H]2CN(Cc3cc(C4CCCCC4)no3)C[C@H]2N1. The maximum Gasteiger partial charge on any atom is 0.220 e. The molecule has 0 radical (unpaired) electrons. The minimum Gasteiger partial charge on any atom is -0.360 e. The van der Waals surface area contributed by atoms with Gasteiger partial charge in [0.2, 0.25) is 5.91 Å². The number of carbonyl (C=O) groups is 1. The number of aromatic nitrogens is 1. The lowest BCUT2D eigenvalue weighted by Gasteiger charge is -2.18. The van der Waals surface area contributed by atoms with Crippen LogP contribution in [0.3, 0.4) is 0 Å². The van der Waals surface area contributed by atoms with Gasteiger partial charge in [-0.1, -0.05) is 24.4 Å². The molecule has 0 bridgehead atoms. The molecule has 2 aliphatic heterocycles. The van der Waals surface area contributed by atoms with Gasteiger partial charge >= 0.3 is 0 Å². The van der Waals surface area contributed by atoms with Crippen LogP contribution >= 0.6 is 0 Å². The Balaban J connectivity index is 1.35. The minimum atomic E-state index is 0.212. The average Bonchev–Trinajstić information content (AvgIpc) is 3.15. The molecular weight excluding hydrogens is 266 g/mol. The predicted molar refractivity (Wildman–Crippen MR) is 77.6 cm³/mol.